The van der Waals surface area contributed by atoms with Gasteiger partial charge in [0, 0.05) is 6.42 Å². The van der Waals surface area contributed by atoms with Gasteiger partial charge >= 0.3 is 0 Å². The molecule has 0 aromatic heterocycles. The zero-order valence-electron chi connectivity index (χ0n) is 8.19. The van der Waals surface area contributed by atoms with Crippen LogP contribution in [0.5, 0.6) is 5.75 Å². The number of ether oxygens (including phenoxy) is 1. The summed E-state index contributed by atoms with van der Waals surface area (Å²) in [5.74, 6) is 0.861. The monoisotopic (exact) mass is 210 g/mol. The second kappa shape index (κ2) is 5.70. The molecule has 0 heterocycles. The normalized spacial score (nSPS) is 9.86. The van der Waals surface area contributed by atoms with E-state index in [1.807, 2.05) is 24.3 Å². The Hall–Kier alpha value is -0.960. The zero-order valence-corrected chi connectivity index (χ0v) is 9.09. The Morgan fingerprint density at radius 1 is 1.50 bits per heavy atom. The van der Waals surface area contributed by atoms with E-state index in [0.717, 1.165) is 18.6 Å². The number of methoxy groups -OCH3 is 1. The third-order valence-electron chi connectivity index (χ3n) is 1.99. The van der Waals surface area contributed by atoms with Gasteiger partial charge in [-0.2, -0.15) is 0 Å². The Morgan fingerprint density at radius 3 is 2.93 bits per heavy atom. The van der Waals surface area contributed by atoms with E-state index < -0.39 is 0 Å². The summed E-state index contributed by atoms with van der Waals surface area (Å²) in [5.41, 5.74) is 1.19. The van der Waals surface area contributed by atoms with Gasteiger partial charge in [-0.25, -0.2) is 0 Å². The molecule has 0 fully saturated rings. The summed E-state index contributed by atoms with van der Waals surface area (Å²) in [7, 11) is 1.65. The van der Waals surface area contributed by atoms with Gasteiger partial charge in [-0.3, -0.25) is 4.79 Å². The van der Waals surface area contributed by atoms with Crippen molar-refractivity contribution in [1.29, 1.82) is 0 Å². The first kappa shape index (κ1) is 11.1. The van der Waals surface area contributed by atoms with Crippen LogP contribution in [0.25, 0.3) is 0 Å². The standard InChI is InChI=1S/C11H14O2S/c1-13-10-6-2-4-9(8-10)5-3-7-11(12)14/h2,4,6,8H,3,5,7H2,1H3,(H,12,14). The number of carbonyl (C=O) groups is 1. The minimum absolute atomic E-state index is 0.0482. The van der Waals surface area contributed by atoms with Crippen LogP contribution in [0, 0.1) is 0 Å². The van der Waals surface area contributed by atoms with Crippen LogP contribution >= 0.6 is 12.6 Å². The molecule has 0 saturated heterocycles. The van der Waals surface area contributed by atoms with E-state index in [4.69, 9.17) is 4.74 Å². The number of hydrogen-bond donors (Lipinski definition) is 1. The van der Waals surface area contributed by atoms with E-state index in [1.54, 1.807) is 7.11 Å². The zero-order chi connectivity index (χ0) is 10.4. The molecule has 0 saturated carbocycles. The van der Waals surface area contributed by atoms with Crippen LogP contribution in [0.1, 0.15) is 18.4 Å². The second-order valence-corrected chi connectivity index (χ2v) is 3.60. The lowest BCUT2D eigenvalue weighted by molar-refractivity contribution is -0.110. The molecule has 0 aliphatic carbocycles. The van der Waals surface area contributed by atoms with Crippen molar-refractivity contribution in [2.45, 2.75) is 19.3 Å². The first-order chi connectivity index (χ1) is 6.72. The number of hydrogen-bond acceptors (Lipinski definition) is 2. The van der Waals surface area contributed by atoms with Gasteiger partial charge < -0.3 is 4.74 Å². The molecule has 0 spiro atoms. The molecule has 1 aromatic carbocycles. The van der Waals surface area contributed by atoms with Crippen molar-refractivity contribution in [3.63, 3.8) is 0 Å². The predicted octanol–water partition coefficient (Wildman–Crippen LogP) is 2.47. The molecule has 1 aromatic rings. The maximum Gasteiger partial charge on any atom is 0.185 e. The smallest absolute Gasteiger partial charge is 0.185 e. The molecule has 0 bridgehead atoms. The van der Waals surface area contributed by atoms with E-state index in [9.17, 15) is 4.79 Å². The molecule has 2 nitrogen and oxygen atoms in total. The summed E-state index contributed by atoms with van der Waals surface area (Å²) < 4.78 is 5.10. The van der Waals surface area contributed by atoms with E-state index in [2.05, 4.69) is 12.6 Å². The van der Waals surface area contributed by atoms with Gasteiger partial charge in [0.15, 0.2) is 5.12 Å². The molecule has 0 unspecified atom stereocenters. The third-order valence-corrected chi connectivity index (χ3v) is 2.21. The van der Waals surface area contributed by atoms with Crippen LogP contribution < -0.4 is 4.74 Å². The van der Waals surface area contributed by atoms with E-state index >= 15 is 0 Å². The highest BCUT2D eigenvalue weighted by molar-refractivity contribution is 7.96. The van der Waals surface area contributed by atoms with Gasteiger partial charge in [-0.05, 0) is 30.5 Å². The Balaban J connectivity index is 2.46. The summed E-state index contributed by atoms with van der Waals surface area (Å²) in [5, 5.41) is -0.0482. The van der Waals surface area contributed by atoms with Gasteiger partial charge in [0.2, 0.25) is 0 Å². The fraction of sp³-hybridized carbons (Fsp3) is 0.364. The predicted molar refractivity (Wildman–Crippen MR) is 59.9 cm³/mol. The highest BCUT2D eigenvalue weighted by Gasteiger charge is 1.98. The van der Waals surface area contributed by atoms with Crippen molar-refractivity contribution >= 4 is 17.7 Å². The van der Waals surface area contributed by atoms with Gasteiger partial charge in [0.25, 0.3) is 0 Å². The summed E-state index contributed by atoms with van der Waals surface area (Å²) in [4.78, 5) is 10.6. The van der Waals surface area contributed by atoms with Crippen molar-refractivity contribution < 1.29 is 9.53 Å². The molecule has 0 atom stereocenters. The Bertz CT molecular complexity index is 310. The van der Waals surface area contributed by atoms with Crippen molar-refractivity contribution in [2.75, 3.05) is 7.11 Å². The van der Waals surface area contributed by atoms with Crippen LogP contribution in [0.2, 0.25) is 0 Å². The number of rotatable bonds is 5. The van der Waals surface area contributed by atoms with Gasteiger partial charge in [0.05, 0.1) is 7.11 Å². The van der Waals surface area contributed by atoms with Gasteiger partial charge in [-0.1, -0.05) is 12.1 Å². The lowest BCUT2D eigenvalue weighted by Crippen LogP contribution is -1.91. The van der Waals surface area contributed by atoms with Crippen LogP contribution in [-0.4, -0.2) is 12.2 Å². The molecular formula is C11H14O2S. The van der Waals surface area contributed by atoms with Crippen LogP contribution in [0.15, 0.2) is 24.3 Å². The van der Waals surface area contributed by atoms with Crippen LogP contribution in [-0.2, 0) is 11.2 Å². The van der Waals surface area contributed by atoms with E-state index in [-0.39, 0.29) is 5.12 Å². The molecule has 0 radical (unpaired) electrons. The van der Waals surface area contributed by atoms with Crippen LogP contribution in [0.4, 0.5) is 0 Å². The number of thiol groups is 1. The topological polar surface area (TPSA) is 26.3 Å². The molecule has 3 heteroatoms. The molecule has 0 amide bonds. The molecule has 0 aliphatic rings. The second-order valence-electron chi connectivity index (χ2n) is 3.10. The SMILES string of the molecule is COc1cccc(CCCC(=O)S)c1. The highest BCUT2D eigenvalue weighted by atomic mass is 32.1. The molecule has 0 aliphatic heterocycles. The quantitative estimate of drug-likeness (QED) is 0.756. The minimum Gasteiger partial charge on any atom is -0.497 e. The minimum atomic E-state index is -0.0482. The average molecular weight is 210 g/mol. The fourth-order valence-electron chi connectivity index (χ4n) is 1.27. The Labute approximate surface area is 89.7 Å². The summed E-state index contributed by atoms with van der Waals surface area (Å²) in [6, 6.07) is 7.89. The maximum absolute atomic E-state index is 10.6. The van der Waals surface area contributed by atoms with Crippen molar-refractivity contribution in [2.24, 2.45) is 0 Å². The van der Waals surface area contributed by atoms with E-state index in [1.165, 1.54) is 5.56 Å². The lowest BCUT2D eigenvalue weighted by atomic mass is 10.1. The average Bonchev–Trinajstić information content (AvgIpc) is 2.18. The first-order valence-corrected chi connectivity index (χ1v) is 5.02. The highest BCUT2D eigenvalue weighted by Crippen LogP contribution is 2.14. The Kier molecular flexibility index (Phi) is 4.53. The number of carbonyl (C=O) groups excluding carboxylic acids is 1. The molecule has 1 rings (SSSR count). The van der Waals surface area contributed by atoms with Crippen LogP contribution in [0.3, 0.4) is 0 Å². The molecule has 14 heavy (non-hydrogen) atoms. The van der Waals surface area contributed by atoms with Crippen molar-refractivity contribution in [1.82, 2.24) is 0 Å². The summed E-state index contributed by atoms with van der Waals surface area (Å²) >= 11 is 3.72. The van der Waals surface area contributed by atoms with Crippen molar-refractivity contribution in [3.05, 3.63) is 29.8 Å². The fourth-order valence-corrected chi connectivity index (χ4v) is 1.43. The van der Waals surface area contributed by atoms with Crippen molar-refractivity contribution in [3.8, 4) is 5.75 Å². The maximum atomic E-state index is 10.6. The summed E-state index contributed by atoms with van der Waals surface area (Å²) in [6.45, 7) is 0. The summed E-state index contributed by atoms with van der Waals surface area (Å²) in [6.07, 6.45) is 2.26. The molecular weight excluding hydrogens is 196 g/mol. The Morgan fingerprint density at radius 2 is 2.29 bits per heavy atom. The molecule has 76 valence electrons. The lowest BCUT2D eigenvalue weighted by Gasteiger charge is -2.03. The van der Waals surface area contributed by atoms with E-state index in [0.29, 0.717) is 6.42 Å². The number of benzene rings is 1. The largest absolute Gasteiger partial charge is 0.497 e. The number of aryl methyl sites for hydroxylation is 1. The van der Waals surface area contributed by atoms with Gasteiger partial charge in [0.1, 0.15) is 5.75 Å². The van der Waals surface area contributed by atoms with Gasteiger partial charge in [-0.15, -0.1) is 12.6 Å². The first-order valence-electron chi connectivity index (χ1n) is 4.57. The third kappa shape index (κ3) is 3.83. The molecule has 0 N–H and O–H groups in total.